The predicted molar refractivity (Wildman–Crippen MR) is 49.1 cm³/mol. The number of nitrogens with zero attached hydrogens (tertiary/aromatic N) is 1. The van der Waals surface area contributed by atoms with Crippen LogP contribution in [-0.4, -0.2) is 5.21 Å². The highest BCUT2D eigenvalue weighted by atomic mass is 16.5. The number of pyridine rings is 1. The summed E-state index contributed by atoms with van der Waals surface area (Å²) in [7, 11) is 0. The van der Waals surface area contributed by atoms with E-state index in [0.717, 1.165) is 5.52 Å². The predicted octanol–water partition coefficient (Wildman–Crippen LogP) is 1.06. The summed E-state index contributed by atoms with van der Waals surface area (Å²) in [5, 5.41) is 9.78. The molecular weight excluding hydrogens is 164 g/mol. The van der Waals surface area contributed by atoms with E-state index in [2.05, 4.69) is 5.48 Å². The van der Waals surface area contributed by atoms with E-state index in [1.165, 1.54) is 5.39 Å². The van der Waals surface area contributed by atoms with Gasteiger partial charge in [0.05, 0.1) is 0 Å². The third-order valence-electron chi connectivity index (χ3n) is 2.03. The number of aromatic nitrogens is 1. The minimum Gasteiger partial charge on any atom is -0.311 e. The van der Waals surface area contributed by atoms with E-state index in [0.29, 0.717) is 6.67 Å². The molecule has 0 radical (unpaired) electrons. The molecule has 0 aliphatic rings. The van der Waals surface area contributed by atoms with Crippen molar-refractivity contribution in [2.75, 3.05) is 0 Å². The first kappa shape index (κ1) is 8.16. The zero-order valence-electron chi connectivity index (χ0n) is 7.14. The van der Waals surface area contributed by atoms with Gasteiger partial charge in [-0.15, -0.1) is 5.48 Å². The summed E-state index contributed by atoms with van der Waals surface area (Å²) in [5.41, 5.74) is 3.24. The SMILES string of the molecule is ONC[n+]1cccc2ccccc21. The van der Waals surface area contributed by atoms with Crippen LogP contribution in [0.1, 0.15) is 0 Å². The Hall–Kier alpha value is -1.45. The lowest BCUT2D eigenvalue weighted by Crippen LogP contribution is -2.40. The van der Waals surface area contributed by atoms with E-state index >= 15 is 0 Å². The first-order chi connectivity index (χ1) is 6.42. The zero-order valence-corrected chi connectivity index (χ0v) is 7.14. The third kappa shape index (κ3) is 1.52. The second kappa shape index (κ2) is 3.51. The fourth-order valence-corrected chi connectivity index (χ4v) is 1.43. The standard InChI is InChI=1S/C10H11N2O/c13-11-8-12-7-3-5-9-4-1-2-6-10(9)12/h1-7,11,13H,8H2/q+1. The number of para-hydroxylation sites is 1. The van der Waals surface area contributed by atoms with Gasteiger partial charge in [-0.3, -0.25) is 0 Å². The fourth-order valence-electron chi connectivity index (χ4n) is 1.43. The summed E-state index contributed by atoms with van der Waals surface area (Å²) >= 11 is 0. The Bertz CT molecular complexity index is 409. The molecule has 0 fully saturated rings. The summed E-state index contributed by atoms with van der Waals surface area (Å²) < 4.78 is 1.94. The average molecular weight is 175 g/mol. The van der Waals surface area contributed by atoms with Gasteiger partial charge in [-0.2, -0.15) is 4.57 Å². The minimum atomic E-state index is 0.404. The van der Waals surface area contributed by atoms with Crippen LogP contribution in [0.4, 0.5) is 0 Å². The first-order valence-electron chi connectivity index (χ1n) is 4.16. The van der Waals surface area contributed by atoms with Crippen LogP contribution in [0.2, 0.25) is 0 Å². The van der Waals surface area contributed by atoms with Gasteiger partial charge in [-0.1, -0.05) is 12.1 Å². The number of nitrogens with one attached hydrogen (secondary N) is 1. The first-order valence-corrected chi connectivity index (χ1v) is 4.16. The molecule has 0 aliphatic heterocycles. The van der Waals surface area contributed by atoms with Crippen molar-refractivity contribution in [3.8, 4) is 0 Å². The summed E-state index contributed by atoms with van der Waals surface area (Å²) in [5.74, 6) is 0. The van der Waals surface area contributed by atoms with Crippen molar-refractivity contribution in [2.24, 2.45) is 0 Å². The highest BCUT2D eigenvalue weighted by Gasteiger charge is 2.04. The fraction of sp³-hybridized carbons (Fsp3) is 0.100. The molecule has 0 saturated heterocycles. The van der Waals surface area contributed by atoms with Crippen LogP contribution in [0.3, 0.4) is 0 Å². The Kier molecular flexibility index (Phi) is 2.21. The van der Waals surface area contributed by atoms with E-state index in [9.17, 15) is 0 Å². The lowest BCUT2D eigenvalue weighted by molar-refractivity contribution is -0.682. The van der Waals surface area contributed by atoms with Crippen molar-refractivity contribution < 1.29 is 9.77 Å². The van der Waals surface area contributed by atoms with E-state index in [-0.39, 0.29) is 0 Å². The van der Waals surface area contributed by atoms with Gasteiger partial charge >= 0.3 is 0 Å². The van der Waals surface area contributed by atoms with Crippen molar-refractivity contribution in [3.05, 3.63) is 42.6 Å². The largest absolute Gasteiger partial charge is 0.311 e. The maximum Gasteiger partial charge on any atom is 0.223 e. The van der Waals surface area contributed by atoms with E-state index < -0.39 is 0 Å². The van der Waals surface area contributed by atoms with Gasteiger partial charge in [-0.25, -0.2) is 0 Å². The molecule has 0 amide bonds. The molecule has 3 heteroatoms. The molecule has 2 rings (SSSR count). The number of hydrogen-bond acceptors (Lipinski definition) is 2. The van der Waals surface area contributed by atoms with Crippen LogP contribution in [0.15, 0.2) is 42.6 Å². The van der Waals surface area contributed by atoms with E-state index in [1.807, 2.05) is 47.2 Å². The Labute approximate surface area is 76.2 Å². The van der Waals surface area contributed by atoms with Crippen LogP contribution in [0.25, 0.3) is 10.9 Å². The Balaban J connectivity index is 2.61. The number of rotatable bonds is 2. The minimum absolute atomic E-state index is 0.404. The Morgan fingerprint density at radius 1 is 1.15 bits per heavy atom. The van der Waals surface area contributed by atoms with Crippen molar-refractivity contribution in [1.82, 2.24) is 5.48 Å². The van der Waals surface area contributed by atoms with Crippen LogP contribution in [0, 0.1) is 0 Å². The molecule has 2 aromatic rings. The molecule has 3 nitrogen and oxygen atoms in total. The molecule has 1 heterocycles. The van der Waals surface area contributed by atoms with Gasteiger partial charge in [0.25, 0.3) is 0 Å². The van der Waals surface area contributed by atoms with Crippen LogP contribution < -0.4 is 10.0 Å². The van der Waals surface area contributed by atoms with Gasteiger partial charge in [0.2, 0.25) is 12.2 Å². The number of hydrogen-bond donors (Lipinski definition) is 2. The molecule has 0 atom stereocenters. The Morgan fingerprint density at radius 2 is 1.92 bits per heavy atom. The smallest absolute Gasteiger partial charge is 0.223 e. The number of hydroxylamine groups is 1. The highest BCUT2D eigenvalue weighted by molar-refractivity contribution is 5.74. The van der Waals surface area contributed by atoms with Crippen molar-refractivity contribution in [3.63, 3.8) is 0 Å². The second-order valence-corrected chi connectivity index (χ2v) is 2.85. The Morgan fingerprint density at radius 3 is 2.77 bits per heavy atom. The number of fused-ring (bicyclic) bond motifs is 1. The average Bonchev–Trinajstić information content (AvgIpc) is 2.19. The molecule has 13 heavy (non-hydrogen) atoms. The normalized spacial score (nSPS) is 10.5. The van der Waals surface area contributed by atoms with Crippen molar-refractivity contribution in [1.29, 1.82) is 0 Å². The van der Waals surface area contributed by atoms with Gasteiger partial charge < -0.3 is 5.21 Å². The summed E-state index contributed by atoms with van der Waals surface area (Å²) in [6.45, 7) is 0.404. The molecule has 66 valence electrons. The monoisotopic (exact) mass is 175 g/mol. The molecule has 0 saturated carbocycles. The molecule has 0 unspecified atom stereocenters. The summed E-state index contributed by atoms with van der Waals surface area (Å²) in [4.78, 5) is 0. The van der Waals surface area contributed by atoms with Gasteiger partial charge in [0.15, 0.2) is 6.20 Å². The van der Waals surface area contributed by atoms with Gasteiger partial charge in [-0.05, 0) is 12.1 Å². The van der Waals surface area contributed by atoms with Gasteiger partial charge in [0.1, 0.15) is 0 Å². The topological polar surface area (TPSA) is 36.1 Å². The highest BCUT2D eigenvalue weighted by Crippen LogP contribution is 2.07. The quantitative estimate of drug-likeness (QED) is 0.529. The third-order valence-corrected chi connectivity index (χ3v) is 2.03. The lowest BCUT2D eigenvalue weighted by atomic mass is 10.2. The van der Waals surface area contributed by atoms with Crippen LogP contribution in [0.5, 0.6) is 0 Å². The van der Waals surface area contributed by atoms with Crippen LogP contribution >= 0.6 is 0 Å². The molecule has 0 spiro atoms. The maximum absolute atomic E-state index is 8.61. The van der Waals surface area contributed by atoms with Gasteiger partial charge in [0, 0.05) is 17.5 Å². The molecule has 0 bridgehead atoms. The van der Waals surface area contributed by atoms with Crippen LogP contribution in [-0.2, 0) is 6.67 Å². The maximum atomic E-state index is 8.61. The van der Waals surface area contributed by atoms with Crippen molar-refractivity contribution >= 4 is 10.9 Å². The second-order valence-electron chi connectivity index (χ2n) is 2.85. The molecule has 1 aromatic heterocycles. The molecule has 0 aliphatic carbocycles. The molecule has 2 N–H and O–H groups in total. The summed E-state index contributed by atoms with van der Waals surface area (Å²) in [6, 6.07) is 12.0. The van der Waals surface area contributed by atoms with E-state index in [1.54, 1.807) is 0 Å². The summed E-state index contributed by atoms with van der Waals surface area (Å²) in [6.07, 6.45) is 1.92. The molecular formula is C10H11N2O+. The molecule has 1 aromatic carbocycles. The lowest BCUT2D eigenvalue weighted by Gasteiger charge is -1.98. The number of benzene rings is 1. The van der Waals surface area contributed by atoms with E-state index in [4.69, 9.17) is 5.21 Å². The zero-order chi connectivity index (χ0) is 9.10. The van der Waals surface area contributed by atoms with Crippen molar-refractivity contribution in [2.45, 2.75) is 6.67 Å².